The molecular weight excluding hydrogens is 401 g/mol. The molecule has 0 aliphatic heterocycles. The van der Waals surface area contributed by atoms with E-state index in [0.717, 1.165) is 11.3 Å². The number of aromatic nitrogens is 3. The molecule has 0 unspecified atom stereocenters. The van der Waals surface area contributed by atoms with Gasteiger partial charge in [-0.15, -0.1) is 10.2 Å². The van der Waals surface area contributed by atoms with Crippen LogP contribution in [0.3, 0.4) is 0 Å². The lowest BCUT2D eigenvalue weighted by Crippen LogP contribution is -2.22. The van der Waals surface area contributed by atoms with E-state index in [1.807, 2.05) is 73.9 Å². The van der Waals surface area contributed by atoms with Crippen LogP contribution in [0, 0.1) is 5.41 Å². The molecule has 0 aliphatic carbocycles. The number of ketones is 1. The number of Topliss-reactive ketones (excluding diaryl/α,β-unsaturated/α-hetero) is 1. The Bertz CT molecular complexity index is 945. The summed E-state index contributed by atoms with van der Waals surface area (Å²) in [6.07, 6.45) is 0. The van der Waals surface area contributed by atoms with Gasteiger partial charge in [0.15, 0.2) is 11.0 Å². The fourth-order valence-corrected chi connectivity index (χ4v) is 3.68. The maximum atomic E-state index is 12.3. The van der Waals surface area contributed by atoms with Crippen molar-refractivity contribution >= 4 is 40.7 Å². The summed E-state index contributed by atoms with van der Waals surface area (Å²) in [5, 5.41) is 10.6. The third-order valence-electron chi connectivity index (χ3n) is 3.99. The standard InChI is InChI=1S/C20H19Cl2N3OS/c1-20(2,3)17(26)12-27-19-24-23-18(13-4-6-14(21)7-5-13)25(19)16-10-8-15(22)9-11-16/h4-11H,12H2,1-3H3. The largest absolute Gasteiger partial charge is 0.298 e. The van der Waals surface area contributed by atoms with E-state index in [4.69, 9.17) is 23.2 Å². The molecule has 4 nitrogen and oxygen atoms in total. The Labute approximate surface area is 172 Å². The Morgan fingerprint density at radius 1 is 0.963 bits per heavy atom. The summed E-state index contributed by atoms with van der Waals surface area (Å²) in [7, 11) is 0. The molecule has 1 heterocycles. The third-order valence-corrected chi connectivity index (χ3v) is 5.42. The van der Waals surface area contributed by atoms with Crippen LogP contribution in [0.5, 0.6) is 0 Å². The lowest BCUT2D eigenvalue weighted by atomic mass is 9.92. The van der Waals surface area contributed by atoms with Gasteiger partial charge in [-0.25, -0.2) is 0 Å². The normalized spacial score (nSPS) is 11.6. The molecule has 0 atom stereocenters. The smallest absolute Gasteiger partial charge is 0.196 e. The van der Waals surface area contributed by atoms with Crippen LogP contribution in [0.2, 0.25) is 10.0 Å². The fourth-order valence-electron chi connectivity index (χ4n) is 2.32. The maximum Gasteiger partial charge on any atom is 0.196 e. The van der Waals surface area contributed by atoms with E-state index in [1.165, 1.54) is 11.8 Å². The first-order valence-corrected chi connectivity index (χ1v) is 10.1. The molecule has 3 aromatic rings. The number of thioether (sulfide) groups is 1. The molecule has 1 aromatic heterocycles. The lowest BCUT2D eigenvalue weighted by molar-refractivity contribution is -0.123. The zero-order valence-corrected chi connectivity index (χ0v) is 17.6. The molecule has 3 rings (SSSR count). The molecule has 0 bridgehead atoms. The van der Waals surface area contributed by atoms with Crippen molar-refractivity contribution in [2.45, 2.75) is 25.9 Å². The van der Waals surface area contributed by atoms with Crippen LogP contribution < -0.4 is 0 Å². The fraction of sp³-hybridized carbons (Fsp3) is 0.250. The molecule has 0 radical (unpaired) electrons. The maximum absolute atomic E-state index is 12.3. The summed E-state index contributed by atoms with van der Waals surface area (Å²) < 4.78 is 1.93. The molecule has 0 spiro atoms. The molecule has 7 heteroatoms. The van der Waals surface area contributed by atoms with Gasteiger partial charge in [0.1, 0.15) is 5.78 Å². The van der Waals surface area contributed by atoms with Gasteiger partial charge in [0.2, 0.25) is 0 Å². The van der Waals surface area contributed by atoms with Crippen LogP contribution in [0.25, 0.3) is 17.1 Å². The summed E-state index contributed by atoms with van der Waals surface area (Å²) in [6, 6.07) is 14.9. The van der Waals surface area contributed by atoms with Crippen LogP contribution in [0.4, 0.5) is 0 Å². The van der Waals surface area contributed by atoms with Crippen LogP contribution >= 0.6 is 35.0 Å². The SMILES string of the molecule is CC(C)(C)C(=O)CSc1nnc(-c2ccc(Cl)cc2)n1-c1ccc(Cl)cc1. The highest BCUT2D eigenvalue weighted by Crippen LogP contribution is 2.30. The zero-order chi connectivity index (χ0) is 19.6. The van der Waals surface area contributed by atoms with Gasteiger partial charge in [0.25, 0.3) is 0 Å². The summed E-state index contributed by atoms with van der Waals surface area (Å²) in [5.41, 5.74) is 1.37. The minimum absolute atomic E-state index is 0.159. The summed E-state index contributed by atoms with van der Waals surface area (Å²) >= 11 is 13.4. The van der Waals surface area contributed by atoms with Crippen molar-refractivity contribution in [3.63, 3.8) is 0 Å². The molecule has 140 valence electrons. The van der Waals surface area contributed by atoms with E-state index in [0.29, 0.717) is 26.8 Å². The van der Waals surface area contributed by atoms with Gasteiger partial charge < -0.3 is 0 Å². The van der Waals surface area contributed by atoms with Gasteiger partial charge in [-0.3, -0.25) is 9.36 Å². The Hall–Kier alpha value is -1.82. The van der Waals surface area contributed by atoms with E-state index in [2.05, 4.69) is 10.2 Å². The average molecular weight is 420 g/mol. The summed E-state index contributed by atoms with van der Waals surface area (Å²) in [4.78, 5) is 12.3. The van der Waals surface area contributed by atoms with Gasteiger partial charge in [-0.2, -0.15) is 0 Å². The monoisotopic (exact) mass is 419 g/mol. The minimum atomic E-state index is -0.392. The minimum Gasteiger partial charge on any atom is -0.298 e. The highest BCUT2D eigenvalue weighted by molar-refractivity contribution is 7.99. The number of rotatable bonds is 5. The predicted molar refractivity (Wildman–Crippen MR) is 112 cm³/mol. The molecular formula is C20H19Cl2N3OS. The molecule has 0 saturated heterocycles. The Kier molecular flexibility index (Phi) is 5.94. The van der Waals surface area contributed by atoms with Gasteiger partial charge in [-0.1, -0.05) is 55.7 Å². The lowest BCUT2D eigenvalue weighted by Gasteiger charge is -2.16. The van der Waals surface area contributed by atoms with Gasteiger partial charge in [0.05, 0.1) is 5.75 Å². The number of hydrogen-bond donors (Lipinski definition) is 0. The number of benzene rings is 2. The van der Waals surface area contributed by atoms with E-state index in [9.17, 15) is 4.79 Å². The van der Waals surface area contributed by atoms with Gasteiger partial charge in [0, 0.05) is 26.7 Å². The van der Waals surface area contributed by atoms with E-state index >= 15 is 0 Å². The molecule has 0 N–H and O–H groups in total. The number of hydrogen-bond acceptors (Lipinski definition) is 4. The van der Waals surface area contributed by atoms with Gasteiger partial charge >= 0.3 is 0 Å². The van der Waals surface area contributed by atoms with Crippen molar-refractivity contribution in [1.29, 1.82) is 0 Å². The number of nitrogens with zero attached hydrogens (tertiary/aromatic N) is 3. The van der Waals surface area contributed by atoms with Gasteiger partial charge in [-0.05, 0) is 48.5 Å². The summed E-state index contributed by atoms with van der Waals surface area (Å²) in [6.45, 7) is 5.75. The Morgan fingerprint density at radius 2 is 1.52 bits per heavy atom. The second-order valence-corrected chi connectivity index (χ2v) is 8.90. The average Bonchev–Trinajstić information content (AvgIpc) is 3.04. The second-order valence-electron chi connectivity index (χ2n) is 7.09. The first-order chi connectivity index (χ1) is 12.8. The van der Waals surface area contributed by atoms with E-state index in [-0.39, 0.29) is 5.78 Å². The van der Waals surface area contributed by atoms with Crippen molar-refractivity contribution in [1.82, 2.24) is 14.8 Å². The van der Waals surface area contributed by atoms with Crippen molar-refractivity contribution < 1.29 is 4.79 Å². The molecule has 0 saturated carbocycles. The van der Waals surface area contributed by atoms with E-state index < -0.39 is 5.41 Å². The van der Waals surface area contributed by atoms with Crippen molar-refractivity contribution in [2.75, 3.05) is 5.75 Å². The summed E-state index contributed by atoms with van der Waals surface area (Å²) in [5.74, 6) is 1.17. The van der Waals surface area contributed by atoms with Crippen LogP contribution in [-0.2, 0) is 4.79 Å². The number of halogens is 2. The number of carbonyl (C=O) groups excluding carboxylic acids is 1. The molecule has 2 aromatic carbocycles. The Morgan fingerprint density at radius 3 is 2.07 bits per heavy atom. The topological polar surface area (TPSA) is 47.8 Å². The third kappa shape index (κ3) is 4.72. The molecule has 27 heavy (non-hydrogen) atoms. The molecule has 0 aliphatic rings. The quantitative estimate of drug-likeness (QED) is 0.479. The van der Waals surface area contributed by atoms with Crippen molar-refractivity contribution in [3.8, 4) is 17.1 Å². The van der Waals surface area contributed by atoms with Crippen LogP contribution in [-0.4, -0.2) is 26.3 Å². The van der Waals surface area contributed by atoms with E-state index in [1.54, 1.807) is 0 Å². The van der Waals surface area contributed by atoms with Crippen molar-refractivity contribution in [2.24, 2.45) is 5.41 Å². The molecule has 0 amide bonds. The van der Waals surface area contributed by atoms with Crippen LogP contribution in [0.1, 0.15) is 20.8 Å². The highest BCUT2D eigenvalue weighted by atomic mass is 35.5. The van der Waals surface area contributed by atoms with Crippen LogP contribution in [0.15, 0.2) is 53.7 Å². The predicted octanol–water partition coefficient (Wildman–Crippen LogP) is 5.95. The zero-order valence-electron chi connectivity index (χ0n) is 15.2. The Balaban J connectivity index is 2.02. The first kappa shape index (κ1) is 19.9. The second kappa shape index (κ2) is 8.05. The van der Waals surface area contributed by atoms with Crippen molar-refractivity contribution in [3.05, 3.63) is 58.6 Å². The molecule has 0 fully saturated rings. The highest BCUT2D eigenvalue weighted by Gasteiger charge is 2.23. The number of carbonyl (C=O) groups is 1. The first-order valence-electron chi connectivity index (χ1n) is 8.39.